The van der Waals surface area contributed by atoms with Gasteiger partial charge in [0.15, 0.2) is 0 Å². The lowest BCUT2D eigenvalue weighted by molar-refractivity contribution is 0.415. The summed E-state index contributed by atoms with van der Waals surface area (Å²) in [5, 5.41) is 4.92. The Labute approximate surface area is 161 Å². The zero-order valence-electron chi connectivity index (χ0n) is 14.5. The lowest BCUT2D eigenvalue weighted by Crippen LogP contribution is -1.96. The number of fused-ring (bicyclic) bond motifs is 1. The van der Waals surface area contributed by atoms with Gasteiger partial charge in [-0.25, -0.2) is 9.37 Å². The van der Waals surface area contributed by atoms with E-state index in [0.29, 0.717) is 10.8 Å². The van der Waals surface area contributed by atoms with Gasteiger partial charge in [0.2, 0.25) is 0 Å². The van der Waals surface area contributed by atoms with Gasteiger partial charge in [-0.2, -0.15) is 0 Å². The molecule has 0 amide bonds. The SMILES string of the molecule is COc1ccc(Nc2cc(-c3ccc(F)cc3)nc3ccccc23)cc1Cl. The predicted molar refractivity (Wildman–Crippen MR) is 108 cm³/mol. The van der Waals surface area contributed by atoms with Crippen molar-refractivity contribution in [1.82, 2.24) is 4.98 Å². The predicted octanol–water partition coefficient (Wildman–Crippen LogP) is 6.45. The van der Waals surface area contributed by atoms with Crippen LogP contribution in [0.25, 0.3) is 22.2 Å². The molecule has 1 aromatic heterocycles. The number of pyridine rings is 1. The second-order valence-electron chi connectivity index (χ2n) is 6.05. The molecule has 5 heteroatoms. The van der Waals surface area contributed by atoms with Crippen molar-refractivity contribution < 1.29 is 9.13 Å². The first-order valence-electron chi connectivity index (χ1n) is 8.40. The van der Waals surface area contributed by atoms with Gasteiger partial charge in [0.1, 0.15) is 11.6 Å². The van der Waals surface area contributed by atoms with Crippen LogP contribution in [0.4, 0.5) is 15.8 Å². The van der Waals surface area contributed by atoms with Crippen LogP contribution < -0.4 is 10.1 Å². The molecule has 134 valence electrons. The third kappa shape index (κ3) is 3.57. The molecule has 3 aromatic carbocycles. The second-order valence-corrected chi connectivity index (χ2v) is 6.46. The molecule has 0 aliphatic carbocycles. The van der Waals surface area contributed by atoms with E-state index >= 15 is 0 Å². The molecule has 0 saturated heterocycles. The maximum atomic E-state index is 13.3. The first-order valence-corrected chi connectivity index (χ1v) is 8.78. The molecule has 3 nitrogen and oxygen atoms in total. The average molecular weight is 379 g/mol. The first-order chi connectivity index (χ1) is 13.1. The fourth-order valence-corrected chi connectivity index (χ4v) is 3.20. The molecule has 1 heterocycles. The molecule has 0 aliphatic rings. The van der Waals surface area contributed by atoms with Crippen molar-refractivity contribution in [2.24, 2.45) is 0 Å². The van der Waals surface area contributed by atoms with Crippen molar-refractivity contribution in [3.63, 3.8) is 0 Å². The van der Waals surface area contributed by atoms with E-state index in [9.17, 15) is 4.39 Å². The van der Waals surface area contributed by atoms with Crippen LogP contribution in [0.3, 0.4) is 0 Å². The summed E-state index contributed by atoms with van der Waals surface area (Å²) in [6.07, 6.45) is 0. The van der Waals surface area contributed by atoms with Crippen LogP contribution in [-0.2, 0) is 0 Å². The summed E-state index contributed by atoms with van der Waals surface area (Å²) < 4.78 is 18.5. The molecule has 0 spiro atoms. The van der Waals surface area contributed by atoms with Crippen molar-refractivity contribution >= 4 is 33.9 Å². The Balaban J connectivity index is 1.81. The molecule has 0 unspecified atom stereocenters. The summed E-state index contributed by atoms with van der Waals surface area (Å²) in [7, 11) is 1.58. The van der Waals surface area contributed by atoms with E-state index in [4.69, 9.17) is 21.3 Å². The number of hydrogen-bond donors (Lipinski definition) is 1. The Hall–Kier alpha value is -3.11. The van der Waals surface area contributed by atoms with Gasteiger partial charge in [-0.3, -0.25) is 0 Å². The number of rotatable bonds is 4. The Kier molecular flexibility index (Phi) is 4.65. The smallest absolute Gasteiger partial charge is 0.137 e. The number of ether oxygens (including phenoxy) is 1. The highest BCUT2D eigenvalue weighted by molar-refractivity contribution is 6.32. The lowest BCUT2D eigenvalue weighted by Gasteiger charge is -2.13. The molecule has 0 radical (unpaired) electrons. The lowest BCUT2D eigenvalue weighted by atomic mass is 10.1. The van der Waals surface area contributed by atoms with Gasteiger partial charge < -0.3 is 10.1 Å². The van der Waals surface area contributed by atoms with E-state index < -0.39 is 0 Å². The number of nitrogens with one attached hydrogen (secondary N) is 1. The van der Waals surface area contributed by atoms with E-state index in [-0.39, 0.29) is 5.82 Å². The number of halogens is 2. The van der Waals surface area contributed by atoms with E-state index in [1.165, 1.54) is 12.1 Å². The van der Waals surface area contributed by atoms with Crippen LogP contribution >= 0.6 is 11.6 Å². The molecule has 0 bridgehead atoms. The normalized spacial score (nSPS) is 10.8. The topological polar surface area (TPSA) is 34.1 Å². The highest BCUT2D eigenvalue weighted by Crippen LogP contribution is 2.33. The van der Waals surface area contributed by atoms with Gasteiger partial charge in [-0.15, -0.1) is 0 Å². The van der Waals surface area contributed by atoms with Crippen LogP contribution in [0.1, 0.15) is 0 Å². The number of hydrogen-bond acceptors (Lipinski definition) is 3. The van der Waals surface area contributed by atoms with Gasteiger partial charge in [-0.05, 0) is 54.6 Å². The van der Waals surface area contributed by atoms with E-state index in [2.05, 4.69) is 5.32 Å². The molecule has 27 heavy (non-hydrogen) atoms. The van der Waals surface area contributed by atoms with Crippen molar-refractivity contribution in [3.8, 4) is 17.0 Å². The Morgan fingerprint density at radius 3 is 2.48 bits per heavy atom. The summed E-state index contributed by atoms with van der Waals surface area (Å²) in [5.41, 5.74) is 4.18. The van der Waals surface area contributed by atoms with E-state index in [1.807, 2.05) is 48.5 Å². The summed E-state index contributed by atoms with van der Waals surface area (Å²) in [6, 6.07) is 21.7. The molecule has 0 atom stereocenters. The fourth-order valence-electron chi connectivity index (χ4n) is 2.95. The minimum atomic E-state index is -0.272. The summed E-state index contributed by atoms with van der Waals surface area (Å²) in [5.74, 6) is 0.347. The van der Waals surface area contributed by atoms with Gasteiger partial charge in [0.05, 0.1) is 29.0 Å². The van der Waals surface area contributed by atoms with Gasteiger partial charge >= 0.3 is 0 Å². The van der Waals surface area contributed by atoms with Crippen molar-refractivity contribution in [2.75, 3.05) is 12.4 Å². The summed E-state index contributed by atoms with van der Waals surface area (Å²) in [6.45, 7) is 0. The molecule has 1 N–H and O–H groups in total. The fraction of sp³-hybridized carbons (Fsp3) is 0.0455. The van der Waals surface area contributed by atoms with Gasteiger partial charge in [0.25, 0.3) is 0 Å². The number of nitrogens with zero attached hydrogens (tertiary/aromatic N) is 1. The van der Waals surface area contributed by atoms with Crippen molar-refractivity contribution in [3.05, 3.63) is 83.6 Å². The van der Waals surface area contributed by atoms with E-state index in [1.54, 1.807) is 19.2 Å². The maximum Gasteiger partial charge on any atom is 0.137 e. The largest absolute Gasteiger partial charge is 0.495 e. The van der Waals surface area contributed by atoms with Crippen molar-refractivity contribution in [1.29, 1.82) is 0 Å². The number of para-hydroxylation sites is 1. The van der Waals surface area contributed by atoms with Crippen LogP contribution in [0.15, 0.2) is 72.8 Å². The van der Waals surface area contributed by atoms with Gasteiger partial charge in [-0.1, -0.05) is 29.8 Å². The van der Waals surface area contributed by atoms with Crippen LogP contribution in [0.5, 0.6) is 5.75 Å². The number of aromatic nitrogens is 1. The van der Waals surface area contributed by atoms with Crippen LogP contribution in [-0.4, -0.2) is 12.1 Å². The minimum Gasteiger partial charge on any atom is -0.495 e. The highest BCUT2D eigenvalue weighted by Gasteiger charge is 2.09. The highest BCUT2D eigenvalue weighted by atomic mass is 35.5. The molecular weight excluding hydrogens is 363 g/mol. The van der Waals surface area contributed by atoms with Crippen LogP contribution in [0.2, 0.25) is 5.02 Å². The zero-order valence-corrected chi connectivity index (χ0v) is 15.3. The molecule has 4 rings (SSSR count). The summed E-state index contributed by atoms with van der Waals surface area (Å²) >= 11 is 6.24. The number of anilines is 2. The van der Waals surface area contributed by atoms with Crippen LogP contribution in [0, 0.1) is 5.82 Å². The molecular formula is C22H16ClFN2O. The third-order valence-corrected chi connectivity index (χ3v) is 4.58. The maximum absolute atomic E-state index is 13.3. The number of benzene rings is 3. The average Bonchev–Trinajstić information content (AvgIpc) is 2.68. The first kappa shape index (κ1) is 17.3. The van der Waals surface area contributed by atoms with Gasteiger partial charge in [0, 0.05) is 16.6 Å². The second kappa shape index (κ2) is 7.25. The Morgan fingerprint density at radius 1 is 0.963 bits per heavy atom. The van der Waals surface area contributed by atoms with E-state index in [0.717, 1.165) is 33.5 Å². The Bertz CT molecular complexity index is 1110. The summed E-state index contributed by atoms with van der Waals surface area (Å²) in [4.78, 5) is 4.71. The molecule has 0 aliphatic heterocycles. The minimum absolute atomic E-state index is 0.272. The standard InChI is InChI=1S/C22H16ClFN2O/c1-27-22-11-10-16(12-18(22)23)25-21-13-20(14-6-8-15(24)9-7-14)26-19-5-3-2-4-17(19)21/h2-13H,1H3,(H,25,26). The molecule has 0 saturated carbocycles. The molecule has 4 aromatic rings. The third-order valence-electron chi connectivity index (χ3n) is 4.29. The monoisotopic (exact) mass is 378 g/mol. The molecule has 0 fully saturated rings. The quantitative estimate of drug-likeness (QED) is 0.443. The number of methoxy groups -OCH3 is 1. The van der Waals surface area contributed by atoms with Crippen molar-refractivity contribution in [2.45, 2.75) is 0 Å². The zero-order chi connectivity index (χ0) is 18.8. The Morgan fingerprint density at radius 2 is 1.74 bits per heavy atom.